The Labute approximate surface area is 133 Å². The maximum atomic E-state index is 13.5. The highest BCUT2D eigenvalue weighted by Crippen LogP contribution is 2.16. The van der Waals surface area contributed by atoms with Crippen molar-refractivity contribution >= 4 is 5.91 Å². The lowest BCUT2D eigenvalue weighted by Gasteiger charge is -2.04. The fraction of sp³-hybridized carbons (Fsp3) is 0.0667. The minimum atomic E-state index is -1.71. The van der Waals surface area contributed by atoms with Gasteiger partial charge in [0.05, 0.1) is 12.1 Å². The standard InChI is InChI=1S/C15H9F3N4O2/c16-9-5-4-8(12(17)13(9)18)14(23)20-7-11-21-22-15(24-11)10-3-1-2-6-19-10/h1-6H,7H2,(H,20,23). The number of nitrogens with one attached hydrogen (secondary N) is 1. The molecule has 24 heavy (non-hydrogen) atoms. The Hall–Kier alpha value is -3.23. The summed E-state index contributed by atoms with van der Waals surface area (Å²) in [6.07, 6.45) is 1.55. The molecule has 0 fully saturated rings. The molecule has 0 unspecified atom stereocenters. The molecule has 0 saturated carbocycles. The zero-order valence-electron chi connectivity index (χ0n) is 12.0. The van der Waals surface area contributed by atoms with Crippen LogP contribution in [0.4, 0.5) is 13.2 Å². The van der Waals surface area contributed by atoms with Gasteiger partial charge in [-0.15, -0.1) is 10.2 Å². The van der Waals surface area contributed by atoms with Crippen molar-refractivity contribution in [1.82, 2.24) is 20.5 Å². The van der Waals surface area contributed by atoms with Gasteiger partial charge < -0.3 is 9.73 Å². The molecular formula is C15H9F3N4O2. The maximum Gasteiger partial charge on any atom is 0.266 e. The van der Waals surface area contributed by atoms with Gasteiger partial charge in [0.1, 0.15) is 5.69 Å². The molecule has 2 aromatic heterocycles. The first kappa shape index (κ1) is 15.7. The van der Waals surface area contributed by atoms with Gasteiger partial charge in [-0.1, -0.05) is 6.07 Å². The van der Waals surface area contributed by atoms with E-state index in [1.807, 2.05) is 0 Å². The van der Waals surface area contributed by atoms with Crippen LogP contribution in [0.1, 0.15) is 16.2 Å². The molecule has 1 N–H and O–H groups in total. The third-order valence-corrected chi connectivity index (χ3v) is 3.03. The average Bonchev–Trinajstić information content (AvgIpc) is 3.07. The van der Waals surface area contributed by atoms with Gasteiger partial charge in [-0.25, -0.2) is 13.2 Å². The number of pyridine rings is 1. The van der Waals surface area contributed by atoms with Crippen LogP contribution in [0, 0.1) is 17.5 Å². The van der Waals surface area contributed by atoms with Crippen LogP contribution in [0.2, 0.25) is 0 Å². The largest absolute Gasteiger partial charge is 0.417 e. The summed E-state index contributed by atoms with van der Waals surface area (Å²) >= 11 is 0. The molecule has 0 atom stereocenters. The van der Waals surface area contributed by atoms with Crippen molar-refractivity contribution in [2.45, 2.75) is 6.54 Å². The molecule has 0 radical (unpaired) electrons. The van der Waals surface area contributed by atoms with Gasteiger partial charge >= 0.3 is 0 Å². The molecule has 6 nitrogen and oxygen atoms in total. The van der Waals surface area contributed by atoms with Gasteiger partial charge in [-0.05, 0) is 24.3 Å². The average molecular weight is 334 g/mol. The summed E-state index contributed by atoms with van der Waals surface area (Å²) in [5.74, 6) is -5.39. The Morgan fingerprint density at radius 2 is 1.92 bits per heavy atom. The van der Waals surface area contributed by atoms with Crippen LogP contribution in [-0.2, 0) is 6.54 Å². The molecule has 1 aromatic carbocycles. The first-order chi connectivity index (χ1) is 11.6. The summed E-state index contributed by atoms with van der Waals surface area (Å²) in [6.45, 7) is -0.211. The van der Waals surface area contributed by atoms with Gasteiger partial charge in [-0.3, -0.25) is 9.78 Å². The minimum Gasteiger partial charge on any atom is -0.417 e. The lowest BCUT2D eigenvalue weighted by atomic mass is 10.2. The molecule has 0 aliphatic heterocycles. The Balaban J connectivity index is 1.69. The summed E-state index contributed by atoms with van der Waals surface area (Å²) in [4.78, 5) is 15.9. The van der Waals surface area contributed by atoms with Crippen LogP contribution in [0.15, 0.2) is 40.9 Å². The molecule has 0 bridgehead atoms. The molecule has 122 valence electrons. The summed E-state index contributed by atoms with van der Waals surface area (Å²) in [5, 5.41) is 9.76. The maximum absolute atomic E-state index is 13.5. The van der Waals surface area contributed by atoms with E-state index in [0.29, 0.717) is 11.8 Å². The van der Waals surface area contributed by atoms with E-state index in [1.54, 1.807) is 24.4 Å². The van der Waals surface area contributed by atoms with Gasteiger partial charge in [0.15, 0.2) is 17.5 Å². The van der Waals surface area contributed by atoms with Crippen LogP contribution in [-0.4, -0.2) is 21.1 Å². The lowest BCUT2D eigenvalue weighted by molar-refractivity contribution is 0.0942. The molecule has 9 heteroatoms. The Morgan fingerprint density at radius 3 is 2.67 bits per heavy atom. The summed E-state index contributed by atoms with van der Waals surface area (Å²) < 4.78 is 44.8. The zero-order valence-corrected chi connectivity index (χ0v) is 12.0. The van der Waals surface area contributed by atoms with Crippen LogP contribution >= 0.6 is 0 Å². The highest BCUT2D eigenvalue weighted by molar-refractivity contribution is 5.94. The van der Waals surface area contributed by atoms with E-state index < -0.39 is 28.9 Å². The molecule has 0 spiro atoms. The molecule has 1 amide bonds. The van der Waals surface area contributed by atoms with E-state index in [2.05, 4.69) is 20.5 Å². The zero-order chi connectivity index (χ0) is 17.1. The number of halogens is 3. The molecule has 3 aromatic rings. The second kappa shape index (κ2) is 6.49. The van der Waals surface area contributed by atoms with Gasteiger partial charge in [-0.2, -0.15) is 0 Å². The normalized spacial score (nSPS) is 10.6. The van der Waals surface area contributed by atoms with Crippen LogP contribution in [0.5, 0.6) is 0 Å². The minimum absolute atomic E-state index is 0.0481. The van der Waals surface area contributed by atoms with E-state index in [1.165, 1.54) is 0 Å². The quantitative estimate of drug-likeness (QED) is 0.742. The fourth-order valence-corrected chi connectivity index (χ4v) is 1.87. The van der Waals surface area contributed by atoms with Crippen LogP contribution in [0.3, 0.4) is 0 Å². The summed E-state index contributed by atoms with van der Waals surface area (Å²) in [5.41, 5.74) is -0.174. The van der Waals surface area contributed by atoms with Crippen molar-refractivity contribution in [3.8, 4) is 11.6 Å². The van der Waals surface area contributed by atoms with Gasteiger partial charge in [0.2, 0.25) is 5.89 Å². The molecule has 0 aliphatic carbocycles. The second-order valence-electron chi connectivity index (χ2n) is 4.62. The van der Waals surface area contributed by atoms with E-state index in [-0.39, 0.29) is 18.3 Å². The number of carbonyl (C=O) groups excluding carboxylic acids is 1. The molecule has 0 aliphatic rings. The molecule has 0 saturated heterocycles. The van der Waals surface area contributed by atoms with Crippen molar-refractivity contribution in [3.05, 3.63) is 65.4 Å². The lowest BCUT2D eigenvalue weighted by Crippen LogP contribution is -2.24. The number of rotatable bonds is 4. The van der Waals surface area contributed by atoms with Crippen molar-refractivity contribution in [2.24, 2.45) is 0 Å². The van der Waals surface area contributed by atoms with E-state index in [4.69, 9.17) is 4.42 Å². The predicted molar refractivity (Wildman–Crippen MR) is 75.0 cm³/mol. The number of benzene rings is 1. The highest BCUT2D eigenvalue weighted by atomic mass is 19.2. The molecular weight excluding hydrogens is 325 g/mol. The second-order valence-corrected chi connectivity index (χ2v) is 4.62. The number of nitrogens with zero attached hydrogens (tertiary/aromatic N) is 3. The Kier molecular flexibility index (Phi) is 4.23. The predicted octanol–water partition coefficient (Wildman–Crippen LogP) is 2.48. The van der Waals surface area contributed by atoms with Crippen molar-refractivity contribution in [1.29, 1.82) is 0 Å². The fourth-order valence-electron chi connectivity index (χ4n) is 1.87. The van der Waals surface area contributed by atoms with Gasteiger partial charge in [0.25, 0.3) is 11.8 Å². The third kappa shape index (κ3) is 3.09. The van der Waals surface area contributed by atoms with Crippen molar-refractivity contribution in [3.63, 3.8) is 0 Å². The Bertz CT molecular complexity index is 884. The van der Waals surface area contributed by atoms with Crippen LogP contribution in [0.25, 0.3) is 11.6 Å². The first-order valence-corrected chi connectivity index (χ1v) is 6.71. The Morgan fingerprint density at radius 1 is 1.08 bits per heavy atom. The van der Waals surface area contributed by atoms with E-state index in [9.17, 15) is 18.0 Å². The number of amides is 1. The smallest absolute Gasteiger partial charge is 0.266 e. The van der Waals surface area contributed by atoms with Gasteiger partial charge in [0, 0.05) is 6.20 Å². The van der Waals surface area contributed by atoms with Crippen molar-refractivity contribution < 1.29 is 22.4 Å². The van der Waals surface area contributed by atoms with E-state index >= 15 is 0 Å². The van der Waals surface area contributed by atoms with Crippen molar-refractivity contribution in [2.75, 3.05) is 0 Å². The SMILES string of the molecule is O=C(NCc1nnc(-c2ccccn2)o1)c1ccc(F)c(F)c1F. The number of hydrogen-bond acceptors (Lipinski definition) is 5. The number of carbonyl (C=O) groups is 1. The summed E-state index contributed by atoms with van der Waals surface area (Å²) in [6, 6.07) is 6.62. The molecule has 3 rings (SSSR count). The topological polar surface area (TPSA) is 80.9 Å². The third-order valence-electron chi connectivity index (χ3n) is 3.03. The van der Waals surface area contributed by atoms with Crippen LogP contribution < -0.4 is 5.32 Å². The van der Waals surface area contributed by atoms with E-state index in [0.717, 1.165) is 6.07 Å². The monoisotopic (exact) mass is 334 g/mol. The molecule has 2 heterocycles. The summed E-state index contributed by atoms with van der Waals surface area (Å²) in [7, 11) is 0. The highest BCUT2D eigenvalue weighted by Gasteiger charge is 2.19. The number of hydrogen-bond donors (Lipinski definition) is 1. The first-order valence-electron chi connectivity index (χ1n) is 6.71. The number of aromatic nitrogens is 3.